The number of amidine groups is 1. The highest BCUT2D eigenvalue weighted by Crippen LogP contribution is 1.96. The Morgan fingerprint density at radius 3 is 2.42 bits per heavy atom. The molecule has 12 heavy (non-hydrogen) atoms. The van der Waals surface area contributed by atoms with E-state index >= 15 is 0 Å². The van der Waals surface area contributed by atoms with E-state index in [1.807, 2.05) is 18.2 Å². The highest BCUT2D eigenvalue weighted by atomic mass is 16.1. The average molecular weight is 162 g/mol. The molecule has 0 aliphatic heterocycles. The minimum absolute atomic E-state index is 0.142. The second-order valence-electron chi connectivity index (χ2n) is 2.42. The van der Waals surface area contributed by atoms with Crippen LogP contribution < -0.4 is 5.32 Å². The van der Waals surface area contributed by atoms with Crippen molar-refractivity contribution < 1.29 is 4.79 Å². The fourth-order valence-electron chi connectivity index (χ4n) is 0.853. The number of nitrogens with one attached hydrogen (secondary N) is 2. The van der Waals surface area contributed by atoms with Gasteiger partial charge in [0.1, 0.15) is 5.84 Å². The Hall–Kier alpha value is -1.64. The molecule has 0 heterocycles. The first-order valence-electron chi connectivity index (χ1n) is 3.61. The van der Waals surface area contributed by atoms with Crippen molar-refractivity contribution in [2.45, 2.75) is 6.92 Å². The third-order valence-electron chi connectivity index (χ3n) is 1.36. The third-order valence-corrected chi connectivity index (χ3v) is 1.36. The molecule has 0 aromatic heterocycles. The minimum Gasteiger partial charge on any atom is -0.311 e. The Balaban J connectivity index is 2.73. The molecule has 0 saturated carbocycles. The lowest BCUT2D eigenvalue weighted by Crippen LogP contribution is -2.27. The predicted molar refractivity (Wildman–Crippen MR) is 47.1 cm³/mol. The summed E-state index contributed by atoms with van der Waals surface area (Å²) in [5, 5.41) is 9.83. The van der Waals surface area contributed by atoms with Crippen LogP contribution in [0.3, 0.4) is 0 Å². The van der Waals surface area contributed by atoms with Crippen molar-refractivity contribution in [3.63, 3.8) is 0 Å². The molecule has 0 aliphatic rings. The normalized spacial score (nSPS) is 9.08. The van der Waals surface area contributed by atoms with E-state index in [0.717, 1.165) is 0 Å². The zero-order valence-corrected chi connectivity index (χ0v) is 6.79. The zero-order chi connectivity index (χ0) is 8.97. The lowest BCUT2D eigenvalue weighted by Gasteiger charge is -2.02. The number of hydrogen-bond acceptors (Lipinski definition) is 2. The van der Waals surface area contributed by atoms with Crippen molar-refractivity contribution in [3.8, 4) is 0 Å². The van der Waals surface area contributed by atoms with E-state index in [1.54, 1.807) is 12.1 Å². The highest BCUT2D eigenvalue weighted by molar-refractivity contribution is 6.05. The molecule has 0 atom stereocenters. The first kappa shape index (κ1) is 8.46. The van der Waals surface area contributed by atoms with Gasteiger partial charge in [0.2, 0.25) is 5.91 Å². The van der Waals surface area contributed by atoms with Gasteiger partial charge in [-0.3, -0.25) is 10.2 Å². The first-order chi connectivity index (χ1) is 5.70. The van der Waals surface area contributed by atoms with Crippen molar-refractivity contribution in [2.24, 2.45) is 0 Å². The van der Waals surface area contributed by atoms with E-state index < -0.39 is 0 Å². The molecule has 2 N–H and O–H groups in total. The molecule has 3 nitrogen and oxygen atoms in total. The summed E-state index contributed by atoms with van der Waals surface area (Å²) < 4.78 is 0. The molecule has 3 heteroatoms. The van der Waals surface area contributed by atoms with Gasteiger partial charge in [0, 0.05) is 12.5 Å². The van der Waals surface area contributed by atoms with Crippen molar-refractivity contribution in [1.29, 1.82) is 5.41 Å². The van der Waals surface area contributed by atoms with E-state index in [1.165, 1.54) is 6.92 Å². The van der Waals surface area contributed by atoms with Crippen LogP contribution in [0, 0.1) is 5.41 Å². The van der Waals surface area contributed by atoms with Gasteiger partial charge in [-0.05, 0) is 0 Å². The first-order valence-corrected chi connectivity index (χ1v) is 3.61. The molecular formula is C9H10N2O. The van der Waals surface area contributed by atoms with E-state index in [9.17, 15) is 4.79 Å². The molecule has 62 valence electrons. The van der Waals surface area contributed by atoms with Crippen LogP contribution in [-0.4, -0.2) is 11.7 Å². The maximum atomic E-state index is 10.6. The van der Waals surface area contributed by atoms with Crippen LogP contribution in [0.4, 0.5) is 0 Å². The van der Waals surface area contributed by atoms with E-state index in [4.69, 9.17) is 5.41 Å². The molecule has 0 spiro atoms. The maximum Gasteiger partial charge on any atom is 0.222 e. The van der Waals surface area contributed by atoms with E-state index in [0.29, 0.717) is 5.56 Å². The van der Waals surface area contributed by atoms with Gasteiger partial charge in [0.05, 0.1) is 0 Å². The molecule has 0 fully saturated rings. The molecular weight excluding hydrogens is 152 g/mol. The molecule has 1 rings (SSSR count). The van der Waals surface area contributed by atoms with Gasteiger partial charge in [-0.15, -0.1) is 0 Å². The monoisotopic (exact) mass is 162 g/mol. The summed E-state index contributed by atoms with van der Waals surface area (Å²) in [7, 11) is 0. The van der Waals surface area contributed by atoms with Crippen molar-refractivity contribution in [3.05, 3.63) is 35.9 Å². The summed E-state index contributed by atoms with van der Waals surface area (Å²) in [5.41, 5.74) is 0.715. The molecule has 0 radical (unpaired) electrons. The van der Waals surface area contributed by atoms with Crippen molar-refractivity contribution >= 4 is 11.7 Å². The maximum absolute atomic E-state index is 10.6. The Bertz CT molecular complexity index is 293. The quantitative estimate of drug-likeness (QED) is 0.472. The van der Waals surface area contributed by atoms with Gasteiger partial charge >= 0.3 is 0 Å². The number of carbonyl (C=O) groups is 1. The largest absolute Gasteiger partial charge is 0.311 e. The molecule has 1 aromatic rings. The minimum atomic E-state index is -0.219. The van der Waals surface area contributed by atoms with Gasteiger partial charge in [-0.25, -0.2) is 0 Å². The molecule has 1 aromatic carbocycles. The van der Waals surface area contributed by atoms with Crippen LogP contribution in [0.25, 0.3) is 0 Å². The molecule has 0 unspecified atom stereocenters. The number of rotatable bonds is 1. The lowest BCUT2D eigenvalue weighted by atomic mass is 10.2. The number of amides is 1. The average Bonchev–Trinajstić information content (AvgIpc) is 2.05. The van der Waals surface area contributed by atoms with Gasteiger partial charge < -0.3 is 5.32 Å². The summed E-state index contributed by atoms with van der Waals surface area (Å²) in [6.07, 6.45) is 0. The van der Waals surface area contributed by atoms with Crippen LogP contribution in [0.15, 0.2) is 30.3 Å². The lowest BCUT2D eigenvalue weighted by molar-refractivity contribution is -0.117. The fourth-order valence-corrected chi connectivity index (χ4v) is 0.853. The Morgan fingerprint density at radius 1 is 1.33 bits per heavy atom. The highest BCUT2D eigenvalue weighted by Gasteiger charge is 2.00. The van der Waals surface area contributed by atoms with Gasteiger partial charge in [-0.1, -0.05) is 30.3 Å². The smallest absolute Gasteiger partial charge is 0.222 e. The van der Waals surface area contributed by atoms with Gasteiger partial charge in [-0.2, -0.15) is 0 Å². The molecule has 0 bridgehead atoms. The van der Waals surface area contributed by atoms with Crippen LogP contribution in [0.1, 0.15) is 12.5 Å². The second kappa shape index (κ2) is 3.67. The predicted octanol–water partition coefficient (Wildman–Crippen LogP) is 1.15. The Labute approximate surface area is 70.9 Å². The number of carbonyl (C=O) groups excluding carboxylic acids is 1. The van der Waals surface area contributed by atoms with Crippen LogP contribution in [0.2, 0.25) is 0 Å². The summed E-state index contributed by atoms with van der Waals surface area (Å²) in [5.74, 6) is -0.0769. The number of benzene rings is 1. The standard InChI is InChI=1S/C9H10N2O/c1-7(12)11-9(10)8-5-3-2-4-6-8/h2-6H,1H3,(H2,10,11,12). The summed E-state index contributed by atoms with van der Waals surface area (Å²) in [6, 6.07) is 9.07. The topological polar surface area (TPSA) is 53.0 Å². The summed E-state index contributed by atoms with van der Waals surface area (Å²) >= 11 is 0. The van der Waals surface area contributed by atoms with E-state index in [2.05, 4.69) is 5.32 Å². The SMILES string of the molecule is CC(=O)NC(=N)c1ccccc1. The van der Waals surface area contributed by atoms with Gasteiger partial charge in [0.15, 0.2) is 0 Å². The second-order valence-corrected chi connectivity index (χ2v) is 2.42. The van der Waals surface area contributed by atoms with Gasteiger partial charge in [0.25, 0.3) is 0 Å². The third kappa shape index (κ3) is 2.20. The number of hydrogen-bond donors (Lipinski definition) is 2. The molecule has 0 saturated heterocycles. The summed E-state index contributed by atoms with van der Waals surface area (Å²) in [4.78, 5) is 10.6. The molecule has 0 aliphatic carbocycles. The van der Waals surface area contributed by atoms with Crippen LogP contribution in [-0.2, 0) is 4.79 Å². The molecule has 1 amide bonds. The Kier molecular flexibility index (Phi) is 2.58. The fraction of sp³-hybridized carbons (Fsp3) is 0.111. The summed E-state index contributed by atoms with van der Waals surface area (Å²) in [6.45, 7) is 1.39. The Morgan fingerprint density at radius 2 is 1.92 bits per heavy atom. The van der Waals surface area contributed by atoms with Crippen molar-refractivity contribution in [1.82, 2.24) is 5.32 Å². The van der Waals surface area contributed by atoms with Crippen LogP contribution in [0.5, 0.6) is 0 Å². The zero-order valence-electron chi connectivity index (χ0n) is 6.79. The van der Waals surface area contributed by atoms with E-state index in [-0.39, 0.29) is 11.7 Å². The van der Waals surface area contributed by atoms with Crippen molar-refractivity contribution in [2.75, 3.05) is 0 Å². The van der Waals surface area contributed by atoms with Crippen LogP contribution >= 0.6 is 0 Å².